The van der Waals surface area contributed by atoms with Gasteiger partial charge in [-0.25, -0.2) is 0 Å². The van der Waals surface area contributed by atoms with E-state index in [9.17, 15) is 0 Å². The Bertz CT molecular complexity index is 392. The van der Waals surface area contributed by atoms with Crippen molar-refractivity contribution in [1.29, 1.82) is 0 Å². The first-order valence-corrected chi connectivity index (χ1v) is 8.06. The Morgan fingerprint density at radius 3 is 2.47 bits per heavy atom. The van der Waals surface area contributed by atoms with Gasteiger partial charge in [-0.05, 0) is 44.5 Å². The molecule has 0 aliphatic rings. The van der Waals surface area contributed by atoms with E-state index in [1.165, 1.54) is 28.6 Å². The van der Waals surface area contributed by atoms with E-state index in [4.69, 9.17) is 0 Å². The molecule has 0 fully saturated rings. The number of nitrogens with zero attached hydrogens (tertiary/aromatic N) is 1. The first-order valence-electron chi connectivity index (χ1n) is 7.26. The van der Waals surface area contributed by atoms with Crippen LogP contribution in [0, 0.1) is 0 Å². The largest absolute Gasteiger partial charge is 0.372 e. The molecule has 0 spiro atoms. The summed E-state index contributed by atoms with van der Waals surface area (Å²) in [5.41, 5.74) is 2.60. The third-order valence-corrected chi connectivity index (χ3v) is 4.42. The van der Waals surface area contributed by atoms with Gasteiger partial charge in [-0.3, -0.25) is 0 Å². The van der Waals surface area contributed by atoms with Crippen LogP contribution in [0.5, 0.6) is 0 Å². The van der Waals surface area contributed by atoms with Gasteiger partial charge in [0.1, 0.15) is 0 Å². The summed E-state index contributed by atoms with van der Waals surface area (Å²) in [6, 6.07) is 7.64. The summed E-state index contributed by atoms with van der Waals surface area (Å²) >= 11 is 3.71. The fourth-order valence-electron chi connectivity index (χ4n) is 2.37. The quantitative estimate of drug-likeness (QED) is 0.778. The molecule has 19 heavy (non-hydrogen) atoms. The number of hydrogen-bond donors (Lipinski definition) is 1. The number of hydrogen-bond acceptors (Lipinski definition) is 2. The Balaban J connectivity index is 2.87. The maximum atomic E-state index is 3.71. The molecule has 1 aromatic carbocycles. The van der Waals surface area contributed by atoms with Crippen LogP contribution in [-0.2, 0) is 0 Å². The lowest BCUT2D eigenvalue weighted by Gasteiger charge is -2.28. The summed E-state index contributed by atoms with van der Waals surface area (Å²) < 4.78 is 1.19. The van der Waals surface area contributed by atoms with E-state index in [2.05, 4.69) is 79.1 Å². The number of halogens is 1. The monoisotopic (exact) mass is 326 g/mol. The number of benzene rings is 1. The van der Waals surface area contributed by atoms with Gasteiger partial charge in [0.25, 0.3) is 0 Å². The number of rotatable bonds is 7. The smallest absolute Gasteiger partial charge is 0.0377 e. The Morgan fingerprint density at radius 2 is 1.95 bits per heavy atom. The molecule has 1 N–H and O–H groups in total. The van der Waals surface area contributed by atoms with Crippen molar-refractivity contribution in [3.63, 3.8) is 0 Å². The SMILES string of the molecule is CCCC(C)N(C)c1ccc(C(C)NCC)c(Br)c1. The summed E-state index contributed by atoms with van der Waals surface area (Å²) in [4.78, 5) is 2.36. The van der Waals surface area contributed by atoms with Gasteiger partial charge < -0.3 is 10.2 Å². The minimum atomic E-state index is 0.381. The standard InChI is InChI=1S/C16H27BrN2/c1-6-8-12(3)19(5)14-9-10-15(16(17)11-14)13(4)18-7-2/h9-13,18H,6-8H2,1-5H3. The molecule has 2 unspecified atom stereocenters. The maximum Gasteiger partial charge on any atom is 0.0377 e. The van der Waals surface area contributed by atoms with Crippen LogP contribution < -0.4 is 10.2 Å². The van der Waals surface area contributed by atoms with Crippen molar-refractivity contribution in [2.24, 2.45) is 0 Å². The molecular formula is C16H27BrN2. The molecule has 0 aliphatic heterocycles. The van der Waals surface area contributed by atoms with Crippen molar-refractivity contribution >= 4 is 21.6 Å². The van der Waals surface area contributed by atoms with E-state index in [1.54, 1.807) is 0 Å². The molecule has 0 aromatic heterocycles. The van der Waals surface area contributed by atoms with Gasteiger partial charge in [0.2, 0.25) is 0 Å². The molecule has 2 nitrogen and oxygen atoms in total. The normalized spacial score (nSPS) is 14.2. The Hall–Kier alpha value is -0.540. The molecule has 0 saturated heterocycles. The average Bonchev–Trinajstić information content (AvgIpc) is 2.38. The van der Waals surface area contributed by atoms with Gasteiger partial charge in [-0.15, -0.1) is 0 Å². The molecule has 0 aliphatic carbocycles. The summed E-state index contributed by atoms with van der Waals surface area (Å²) in [7, 11) is 2.18. The van der Waals surface area contributed by atoms with Crippen LogP contribution in [0.15, 0.2) is 22.7 Å². The topological polar surface area (TPSA) is 15.3 Å². The molecular weight excluding hydrogens is 300 g/mol. The van der Waals surface area contributed by atoms with Crippen LogP contribution in [0.25, 0.3) is 0 Å². The lowest BCUT2D eigenvalue weighted by atomic mass is 10.1. The number of nitrogens with one attached hydrogen (secondary N) is 1. The molecule has 2 atom stereocenters. The molecule has 3 heteroatoms. The van der Waals surface area contributed by atoms with Crippen molar-refractivity contribution in [3.8, 4) is 0 Å². The zero-order chi connectivity index (χ0) is 14.4. The lowest BCUT2D eigenvalue weighted by Crippen LogP contribution is -2.28. The van der Waals surface area contributed by atoms with Gasteiger partial charge in [0.15, 0.2) is 0 Å². The van der Waals surface area contributed by atoms with Crippen LogP contribution in [0.3, 0.4) is 0 Å². The maximum absolute atomic E-state index is 3.71. The minimum Gasteiger partial charge on any atom is -0.372 e. The van der Waals surface area contributed by atoms with Gasteiger partial charge in [0, 0.05) is 29.3 Å². The Kier molecular flexibility index (Phi) is 6.87. The highest BCUT2D eigenvalue weighted by atomic mass is 79.9. The third kappa shape index (κ3) is 4.50. The highest BCUT2D eigenvalue weighted by Crippen LogP contribution is 2.29. The summed E-state index contributed by atoms with van der Waals surface area (Å²) in [5, 5.41) is 3.45. The van der Waals surface area contributed by atoms with Gasteiger partial charge in [0.05, 0.1) is 0 Å². The average molecular weight is 327 g/mol. The van der Waals surface area contributed by atoms with E-state index in [-0.39, 0.29) is 0 Å². The zero-order valence-corrected chi connectivity index (χ0v) is 14.4. The van der Waals surface area contributed by atoms with Crippen LogP contribution >= 0.6 is 15.9 Å². The molecule has 108 valence electrons. The lowest BCUT2D eigenvalue weighted by molar-refractivity contribution is 0.595. The summed E-state index contributed by atoms with van der Waals surface area (Å²) in [6.07, 6.45) is 2.45. The van der Waals surface area contributed by atoms with Gasteiger partial charge in [-0.2, -0.15) is 0 Å². The van der Waals surface area contributed by atoms with E-state index in [0.717, 1.165) is 6.54 Å². The van der Waals surface area contributed by atoms with Crippen molar-refractivity contribution in [2.45, 2.75) is 52.6 Å². The van der Waals surface area contributed by atoms with E-state index < -0.39 is 0 Å². The third-order valence-electron chi connectivity index (χ3n) is 3.74. The van der Waals surface area contributed by atoms with Crippen LogP contribution in [0.2, 0.25) is 0 Å². The van der Waals surface area contributed by atoms with E-state index in [0.29, 0.717) is 12.1 Å². The van der Waals surface area contributed by atoms with Crippen molar-refractivity contribution in [1.82, 2.24) is 5.32 Å². The molecule has 1 aromatic rings. The highest BCUT2D eigenvalue weighted by Gasteiger charge is 2.13. The van der Waals surface area contributed by atoms with Crippen LogP contribution in [0.4, 0.5) is 5.69 Å². The molecule has 0 bridgehead atoms. The molecule has 0 amide bonds. The summed E-state index contributed by atoms with van der Waals surface area (Å²) in [5.74, 6) is 0. The zero-order valence-electron chi connectivity index (χ0n) is 12.8. The van der Waals surface area contributed by atoms with Crippen molar-refractivity contribution in [2.75, 3.05) is 18.5 Å². The fraction of sp³-hybridized carbons (Fsp3) is 0.625. The van der Waals surface area contributed by atoms with Crippen molar-refractivity contribution in [3.05, 3.63) is 28.2 Å². The summed E-state index contributed by atoms with van der Waals surface area (Å²) in [6.45, 7) is 9.85. The molecule has 0 heterocycles. The second-order valence-corrected chi connectivity index (χ2v) is 6.09. The van der Waals surface area contributed by atoms with Crippen molar-refractivity contribution < 1.29 is 0 Å². The van der Waals surface area contributed by atoms with Gasteiger partial charge in [-0.1, -0.05) is 42.3 Å². The fourth-order valence-corrected chi connectivity index (χ4v) is 3.08. The van der Waals surface area contributed by atoms with Crippen LogP contribution in [0.1, 0.15) is 52.1 Å². The molecule has 0 saturated carbocycles. The second-order valence-electron chi connectivity index (χ2n) is 5.23. The Labute approximate surface area is 126 Å². The first kappa shape index (κ1) is 16.5. The van der Waals surface area contributed by atoms with Gasteiger partial charge >= 0.3 is 0 Å². The minimum absolute atomic E-state index is 0.381. The highest BCUT2D eigenvalue weighted by molar-refractivity contribution is 9.10. The first-order chi connectivity index (χ1) is 9.01. The Morgan fingerprint density at radius 1 is 1.26 bits per heavy atom. The van der Waals surface area contributed by atoms with E-state index >= 15 is 0 Å². The second kappa shape index (κ2) is 7.91. The van der Waals surface area contributed by atoms with E-state index in [1.807, 2.05) is 0 Å². The predicted octanol–water partition coefficient (Wildman–Crippen LogP) is 4.74. The van der Waals surface area contributed by atoms with Crippen LogP contribution in [-0.4, -0.2) is 19.6 Å². The number of anilines is 1. The molecule has 0 radical (unpaired) electrons. The molecule has 1 rings (SSSR count). The predicted molar refractivity (Wildman–Crippen MR) is 89.0 cm³/mol.